The summed E-state index contributed by atoms with van der Waals surface area (Å²) in [6.45, 7) is 2.66. The molecule has 0 aliphatic rings. The van der Waals surface area contributed by atoms with Crippen LogP contribution >= 0.6 is 11.6 Å². The lowest BCUT2D eigenvalue weighted by atomic mass is 10.0. The normalized spacial score (nSPS) is 12.1. The molecule has 0 bridgehead atoms. The molecule has 0 radical (unpaired) electrons. The summed E-state index contributed by atoms with van der Waals surface area (Å²) in [5.74, 6) is 0.761. The number of halogens is 1. The van der Waals surface area contributed by atoms with Crippen LogP contribution in [0.15, 0.2) is 42.7 Å². The van der Waals surface area contributed by atoms with Crippen LogP contribution in [0.1, 0.15) is 18.4 Å². The van der Waals surface area contributed by atoms with Gasteiger partial charge in [-0.05, 0) is 5.56 Å². The van der Waals surface area contributed by atoms with E-state index in [4.69, 9.17) is 16.3 Å². The molecule has 1 heterocycles. The molecule has 0 N–H and O–H groups in total. The summed E-state index contributed by atoms with van der Waals surface area (Å²) in [4.78, 5) is 7.93. The molecule has 2 rings (SSSR count). The third-order valence-corrected chi connectivity index (χ3v) is 2.61. The molecule has 0 spiro atoms. The Morgan fingerprint density at radius 1 is 1.24 bits per heavy atom. The minimum absolute atomic E-state index is 0.303. The topological polar surface area (TPSA) is 35.0 Å². The first-order valence-electron chi connectivity index (χ1n) is 5.41. The molecule has 0 aliphatic heterocycles. The van der Waals surface area contributed by atoms with Crippen LogP contribution in [0, 0.1) is 0 Å². The average Bonchev–Trinajstić information content (AvgIpc) is 2.37. The highest BCUT2D eigenvalue weighted by Gasteiger charge is 2.06. The number of nitrogens with zero attached hydrogens (tertiary/aromatic N) is 2. The zero-order valence-electron chi connectivity index (χ0n) is 9.51. The van der Waals surface area contributed by atoms with Crippen molar-refractivity contribution in [2.75, 3.05) is 6.61 Å². The highest BCUT2D eigenvalue weighted by molar-refractivity contribution is 6.29. The summed E-state index contributed by atoms with van der Waals surface area (Å²) in [5, 5.41) is 0.342. The minimum atomic E-state index is 0.303. The Kier molecular flexibility index (Phi) is 3.94. The molecule has 1 atom stereocenters. The molecule has 0 aliphatic carbocycles. The molecule has 88 valence electrons. The van der Waals surface area contributed by atoms with Crippen molar-refractivity contribution in [1.82, 2.24) is 9.97 Å². The van der Waals surface area contributed by atoms with Gasteiger partial charge in [0, 0.05) is 5.92 Å². The van der Waals surface area contributed by atoms with E-state index in [0.717, 1.165) is 0 Å². The van der Waals surface area contributed by atoms with Crippen LogP contribution < -0.4 is 4.74 Å². The molecule has 4 heteroatoms. The number of hydrogen-bond acceptors (Lipinski definition) is 3. The van der Waals surface area contributed by atoms with Crippen molar-refractivity contribution >= 4 is 11.6 Å². The van der Waals surface area contributed by atoms with Crippen LogP contribution in [-0.4, -0.2) is 16.6 Å². The number of ether oxygens (including phenoxy) is 1. The van der Waals surface area contributed by atoms with Gasteiger partial charge in [0.1, 0.15) is 0 Å². The summed E-state index contributed by atoms with van der Waals surface area (Å²) in [6.07, 6.45) is 3.04. The van der Waals surface area contributed by atoms with Gasteiger partial charge in [-0.3, -0.25) is 4.98 Å². The Bertz CT molecular complexity index is 476. The molecule has 3 nitrogen and oxygen atoms in total. The predicted octanol–water partition coefficient (Wildman–Crippen LogP) is 3.31. The maximum absolute atomic E-state index is 5.72. The largest absolute Gasteiger partial charge is 0.476 e. The number of rotatable bonds is 4. The van der Waals surface area contributed by atoms with E-state index < -0.39 is 0 Å². The van der Waals surface area contributed by atoms with E-state index in [0.29, 0.717) is 23.6 Å². The molecule has 1 aromatic heterocycles. The van der Waals surface area contributed by atoms with E-state index in [-0.39, 0.29) is 0 Å². The van der Waals surface area contributed by atoms with Gasteiger partial charge in [0.25, 0.3) is 0 Å². The lowest BCUT2D eigenvalue weighted by molar-refractivity contribution is 0.283. The van der Waals surface area contributed by atoms with Crippen molar-refractivity contribution in [2.45, 2.75) is 12.8 Å². The Balaban J connectivity index is 1.95. The van der Waals surface area contributed by atoms with Crippen LogP contribution in [0.4, 0.5) is 0 Å². The van der Waals surface area contributed by atoms with Gasteiger partial charge >= 0.3 is 0 Å². The van der Waals surface area contributed by atoms with Gasteiger partial charge in [0.2, 0.25) is 5.88 Å². The first kappa shape index (κ1) is 11.9. The molecular formula is C13H13ClN2O. The van der Waals surface area contributed by atoms with Crippen LogP contribution in [0.3, 0.4) is 0 Å². The van der Waals surface area contributed by atoms with Gasteiger partial charge < -0.3 is 4.74 Å². The maximum atomic E-state index is 5.72. The van der Waals surface area contributed by atoms with Gasteiger partial charge in [-0.25, -0.2) is 0 Å². The standard InChI is InChI=1S/C13H13ClN2O/c1-10(11-5-3-2-4-6-11)9-17-13-8-15-7-12(14)16-13/h2-8,10H,9H2,1H3. The second kappa shape index (κ2) is 5.64. The Morgan fingerprint density at radius 2 is 2.00 bits per heavy atom. The first-order valence-corrected chi connectivity index (χ1v) is 5.79. The molecule has 1 unspecified atom stereocenters. The van der Waals surface area contributed by atoms with Crippen molar-refractivity contribution in [3.8, 4) is 5.88 Å². The number of hydrogen-bond donors (Lipinski definition) is 0. The van der Waals surface area contributed by atoms with E-state index in [1.54, 1.807) is 6.20 Å². The molecular weight excluding hydrogens is 236 g/mol. The molecule has 1 aromatic carbocycles. The van der Waals surface area contributed by atoms with Gasteiger partial charge in [0.05, 0.1) is 19.0 Å². The Labute approximate surface area is 105 Å². The predicted molar refractivity (Wildman–Crippen MR) is 67.4 cm³/mol. The summed E-state index contributed by atoms with van der Waals surface area (Å²) < 4.78 is 5.54. The molecule has 0 fully saturated rings. The first-order chi connectivity index (χ1) is 8.25. The molecule has 2 aromatic rings. The fourth-order valence-corrected chi connectivity index (χ4v) is 1.62. The lowest BCUT2D eigenvalue weighted by Gasteiger charge is -2.12. The highest BCUT2D eigenvalue weighted by atomic mass is 35.5. The van der Waals surface area contributed by atoms with Gasteiger partial charge in [-0.1, -0.05) is 48.9 Å². The minimum Gasteiger partial charge on any atom is -0.476 e. The van der Waals surface area contributed by atoms with Gasteiger partial charge in [0.15, 0.2) is 5.15 Å². The van der Waals surface area contributed by atoms with Crippen LogP contribution in [0.25, 0.3) is 0 Å². The molecule has 17 heavy (non-hydrogen) atoms. The Hall–Kier alpha value is -1.61. The summed E-state index contributed by atoms with van der Waals surface area (Å²) in [6, 6.07) is 10.2. The average molecular weight is 249 g/mol. The highest BCUT2D eigenvalue weighted by Crippen LogP contribution is 2.16. The zero-order chi connectivity index (χ0) is 12.1. The zero-order valence-corrected chi connectivity index (χ0v) is 10.3. The van der Waals surface area contributed by atoms with Gasteiger partial charge in [-0.2, -0.15) is 4.98 Å². The smallest absolute Gasteiger partial charge is 0.233 e. The number of benzene rings is 1. The van der Waals surface area contributed by atoms with Crippen molar-refractivity contribution in [1.29, 1.82) is 0 Å². The van der Waals surface area contributed by atoms with Crippen LogP contribution in [-0.2, 0) is 0 Å². The SMILES string of the molecule is CC(COc1cncc(Cl)n1)c1ccccc1. The van der Waals surface area contributed by atoms with Crippen LogP contribution in [0.2, 0.25) is 5.15 Å². The fourth-order valence-electron chi connectivity index (χ4n) is 1.48. The third-order valence-electron chi connectivity index (χ3n) is 2.43. The van der Waals surface area contributed by atoms with Crippen molar-refractivity contribution in [3.63, 3.8) is 0 Å². The summed E-state index contributed by atoms with van der Waals surface area (Å²) >= 11 is 5.72. The number of aromatic nitrogens is 2. The fraction of sp³-hybridized carbons (Fsp3) is 0.231. The van der Waals surface area contributed by atoms with Gasteiger partial charge in [-0.15, -0.1) is 0 Å². The van der Waals surface area contributed by atoms with E-state index >= 15 is 0 Å². The summed E-state index contributed by atoms with van der Waals surface area (Å²) in [7, 11) is 0. The molecule has 0 saturated heterocycles. The Morgan fingerprint density at radius 3 is 2.71 bits per heavy atom. The van der Waals surface area contributed by atoms with Crippen molar-refractivity contribution in [2.24, 2.45) is 0 Å². The van der Waals surface area contributed by atoms with Crippen molar-refractivity contribution < 1.29 is 4.74 Å². The quantitative estimate of drug-likeness (QED) is 0.833. The second-order valence-electron chi connectivity index (χ2n) is 3.80. The maximum Gasteiger partial charge on any atom is 0.233 e. The summed E-state index contributed by atoms with van der Waals surface area (Å²) in [5.41, 5.74) is 1.24. The lowest BCUT2D eigenvalue weighted by Crippen LogP contribution is -2.08. The van der Waals surface area contributed by atoms with E-state index in [1.165, 1.54) is 11.8 Å². The van der Waals surface area contributed by atoms with E-state index in [2.05, 4.69) is 29.0 Å². The molecule has 0 saturated carbocycles. The van der Waals surface area contributed by atoms with E-state index in [9.17, 15) is 0 Å². The van der Waals surface area contributed by atoms with Crippen LogP contribution in [0.5, 0.6) is 5.88 Å². The molecule has 0 amide bonds. The van der Waals surface area contributed by atoms with Crippen molar-refractivity contribution in [3.05, 3.63) is 53.4 Å². The van der Waals surface area contributed by atoms with E-state index in [1.807, 2.05) is 18.2 Å². The second-order valence-corrected chi connectivity index (χ2v) is 4.19. The third kappa shape index (κ3) is 3.43. The monoisotopic (exact) mass is 248 g/mol.